The second kappa shape index (κ2) is 5.33. The van der Waals surface area contributed by atoms with Crippen molar-refractivity contribution in [1.82, 2.24) is 0 Å². The minimum atomic E-state index is -0.273. The van der Waals surface area contributed by atoms with Gasteiger partial charge in [-0.05, 0) is 37.6 Å². The van der Waals surface area contributed by atoms with Crippen molar-refractivity contribution in [3.63, 3.8) is 0 Å². The zero-order chi connectivity index (χ0) is 16.9. The molecule has 2 aliphatic rings. The molecule has 0 saturated carbocycles. The fourth-order valence-electron chi connectivity index (χ4n) is 3.60. The van der Waals surface area contributed by atoms with Gasteiger partial charge in [0.2, 0.25) is 6.79 Å². The summed E-state index contributed by atoms with van der Waals surface area (Å²) in [6.07, 6.45) is 0. The van der Waals surface area contributed by atoms with E-state index in [0.29, 0.717) is 5.92 Å². The van der Waals surface area contributed by atoms with Gasteiger partial charge in [0.1, 0.15) is 17.1 Å². The summed E-state index contributed by atoms with van der Waals surface area (Å²) in [6.45, 7) is 6.79. The van der Waals surface area contributed by atoms with Crippen molar-refractivity contribution in [2.75, 3.05) is 13.9 Å². The fourth-order valence-corrected chi connectivity index (χ4v) is 3.60. The highest BCUT2D eigenvalue weighted by Crippen LogP contribution is 2.51. The minimum Gasteiger partial charge on any atom is -0.497 e. The fraction of sp³-hybridized carbons (Fsp3) is 0.400. The molecule has 2 aromatic rings. The molecule has 4 rings (SSSR count). The Hall–Kier alpha value is -2.36. The first-order valence-corrected chi connectivity index (χ1v) is 8.26. The summed E-state index contributed by atoms with van der Waals surface area (Å²) in [6, 6.07) is 12.3. The maximum atomic E-state index is 6.29. The zero-order valence-electron chi connectivity index (χ0n) is 14.5. The van der Waals surface area contributed by atoms with Gasteiger partial charge in [-0.2, -0.15) is 0 Å². The Labute approximate surface area is 142 Å². The molecule has 4 nitrogen and oxygen atoms in total. The molecular formula is C20H22O4. The molecule has 0 saturated heterocycles. The van der Waals surface area contributed by atoms with Crippen molar-refractivity contribution in [2.45, 2.75) is 32.3 Å². The molecule has 126 valence electrons. The number of hydrogen-bond acceptors (Lipinski definition) is 4. The Morgan fingerprint density at radius 3 is 2.33 bits per heavy atom. The molecule has 0 aromatic heterocycles. The van der Waals surface area contributed by atoms with Crippen molar-refractivity contribution in [3.05, 3.63) is 47.5 Å². The van der Waals surface area contributed by atoms with Gasteiger partial charge < -0.3 is 18.9 Å². The highest BCUT2D eigenvalue weighted by atomic mass is 16.7. The molecule has 0 fully saturated rings. The minimum absolute atomic E-state index is 0.226. The summed E-state index contributed by atoms with van der Waals surface area (Å²) in [5, 5.41) is 0. The third-order valence-electron chi connectivity index (χ3n) is 5.28. The average Bonchev–Trinajstić information content (AvgIpc) is 3.01. The first-order valence-electron chi connectivity index (χ1n) is 8.26. The second-order valence-corrected chi connectivity index (χ2v) is 6.99. The smallest absolute Gasteiger partial charge is 0.231 e. The second-order valence-electron chi connectivity index (χ2n) is 6.99. The maximum absolute atomic E-state index is 6.29. The standard InChI is InChI=1S/C20H22O4/c1-12-19(13-5-7-14(21-4)8-6-13)15-9-17-18(23-11-22-17)10-16(15)24-20(12,2)3/h5-10,12,19H,11H2,1-4H3. The number of rotatable bonds is 2. The summed E-state index contributed by atoms with van der Waals surface area (Å²) in [4.78, 5) is 0. The molecule has 2 heterocycles. The summed E-state index contributed by atoms with van der Waals surface area (Å²) < 4.78 is 22.7. The van der Waals surface area contributed by atoms with Gasteiger partial charge in [-0.15, -0.1) is 0 Å². The SMILES string of the molecule is COc1ccc(C2c3cc4c(cc3OC(C)(C)C2C)OCO4)cc1. The number of methoxy groups -OCH3 is 1. The van der Waals surface area contributed by atoms with Crippen molar-refractivity contribution >= 4 is 0 Å². The number of benzene rings is 2. The summed E-state index contributed by atoms with van der Waals surface area (Å²) >= 11 is 0. The first-order chi connectivity index (χ1) is 11.5. The van der Waals surface area contributed by atoms with E-state index < -0.39 is 0 Å². The van der Waals surface area contributed by atoms with Gasteiger partial charge >= 0.3 is 0 Å². The van der Waals surface area contributed by atoms with Crippen LogP contribution in [0.2, 0.25) is 0 Å². The van der Waals surface area contributed by atoms with Crippen LogP contribution in [-0.4, -0.2) is 19.5 Å². The Morgan fingerprint density at radius 2 is 1.67 bits per heavy atom. The quantitative estimate of drug-likeness (QED) is 0.821. The van der Waals surface area contributed by atoms with E-state index >= 15 is 0 Å². The van der Waals surface area contributed by atoms with E-state index in [0.717, 1.165) is 28.6 Å². The van der Waals surface area contributed by atoms with Gasteiger partial charge in [-0.1, -0.05) is 19.1 Å². The molecule has 0 N–H and O–H groups in total. The van der Waals surface area contributed by atoms with Crippen molar-refractivity contribution < 1.29 is 18.9 Å². The van der Waals surface area contributed by atoms with E-state index in [1.165, 1.54) is 5.56 Å². The van der Waals surface area contributed by atoms with E-state index in [-0.39, 0.29) is 18.3 Å². The predicted octanol–water partition coefficient (Wildman–Crippen LogP) is 4.36. The lowest BCUT2D eigenvalue weighted by atomic mass is 9.72. The lowest BCUT2D eigenvalue weighted by Gasteiger charge is -2.43. The summed E-state index contributed by atoms with van der Waals surface area (Å²) in [5.74, 6) is 3.82. The molecule has 0 spiro atoms. The molecule has 2 unspecified atom stereocenters. The van der Waals surface area contributed by atoms with Gasteiger partial charge in [0.25, 0.3) is 0 Å². The van der Waals surface area contributed by atoms with E-state index in [1.54, 1.807) is 7.11 Å². The Morgan fingerprint density at radius 1 is 1.00 bits per heavy atom. The monoisotopic (exact) mass is 326 g/mol. The molecule has 2 aliphatic heterocycles. The Kier molecular flexibility index (Phi) is 3.37. The van der Waals surface area contributed by atoms with Crippen LogP contribution in [0.5, 0.6) is 23.0 Å². The molecule has 0 amide bonds. The number of hydrogen-bond donors (Lipinski definition) is 0. The van der Waals surface area contributed by atoms with Crippen LogP contribution in [0.4, 0.5) is 0 Å². The molecule has 24 heavy (non-hydrogen) atoms. The van der Waals surface area contributed by atoms with Crippen LogP contribution in [-0.2, 0) is 0 Å². The van der Waals surface area contributed by atoms with E-state index in [9.17, 15) is 0 Å². The van der Waals surface area contributed by atoms with E-state index in [4.69, 9.17) is 18.9 Å². The Balaban J connectivity index is 1.85. The lowest BCUT2D eigenvalue weighted by Crippen LogP contribution is -2.43. The van der Waals surface area contributed by atoms with Gasteiger partial charge in [0, 0.05) is 23.5 Å². The lowest BCUT2D eigenvalue weighted by molar-refractivity contribution is 0.0257. The highest BCUT2D eigenvalue weighted by molar-refractivity contribution is 5.56. The van der Waals surface area contributed by atoms with Crippen LogP contribution in [0.1, 0.15) is 37.8 Å². The third kappa shape index (κ3) is 2.29. The molecule has 2 atom stereocenters. The highest BCUT2D eigenvalue weighted by Gasteiger charge is 2.42. The van der Waals surface area contributed by atoms with Gasteiger partial charge in [0.05, 0.1) is 7.11 Å². The van der Waals surface area contributed by atoms with Crippen LogP contribution in [0.15, 0.2) is 36.4 Å². The van der Waals surface area contributed by atoms with Crippen molar-refractivity contribution in [3.8, 4) is 23.0 Å². The summed E-state index contributed by atoms with van der Waals surface area (Å²) in [5.41, 5.74) is 2.13. The number of ether oxygens (including phenoxy) is 4. The predicted molar refractivity (Wildman–Crippen MR) is 91.3 cm³/mol. The average molecular weight is 326 g/mol. The maximum Gasteiger partial charge on any atom is 0.231 e. The largest absolute Gasteiger partial charge is 0.497 e. The molecule has 4 heteroatoms. The normalized spacial score (nSPS) is 23.3. The van der Waals surface area contributed by atoms with Crippen LogP contribution >= 0.6 is 0 Å². The molecule has 0 bridgehead atoms. The van der Waals surface area contributed by atoms with E-state index in [2.05, 4.69) is 39.0 Å². The molecular weight excluding hydrogens is 304 g/mol. The van der Waals surface area contributed by atoms with E-state index in [1.807, 2.05) is 18.2 Å². The van der Waals surface area contributed by atoms with Gasteiger partial charge in [0.15, 0.2) is 11.5 Å². The molecule has 0 aliphatic carbocycles. The van der Waals surface area contributed by atoms with Crippen LogP contribution in [0.25, 0.3) is 0 Å². The van der Waals surface area contributed by atoms with Gasteiger partial charge in [-0.3, -0.25) is 0 Å². The molecule has 2 aromatic carbocycles. The topological polar surface area (TPSA) is 36.9 Å². The third-order valence-corrected chi connectivity index (χ3v) is 5.28. The van der Waals surface area contributed by atoms with Crippen LogP contribution in [0.3, 0.4) is 0 Å². The first kappa shape index (κ1) is 15.2. The van der Waals surface area contributed by atoms with Crippen molar-refractivity contribution in [2.24, 2.45) is 5.92 Å². The molecule has 0 radical (unpaired) electrons. The van der Waals surface area contributed by atoms with Crippen LogP contribution < -0.4 is 18.9 Å². The zero-order valence-corrected chi connectivity index (χ0v) is 14.5. The Bertz CT molecular complexity index is 764. The van der Waals surface area contributed by atoms with Crippen molar-refractivity contribution in [1.29, 1.82) is 0 Å². The van der Waals surface area contributed by atoms with Crippen LogP contribution in [0, 0.1) is 5.92 Å². The van der Waals surface area contributed by atoms with Gasteiger partial charge in [-0.25, -0.2) is 0 Å². The summed E-state index contributed by atoms with van der Waals surface area (Å²) in [7, 11) is 1.69. The number of fused-ring (bicyclic) bond motifs is 2.